The first-order chi connectivity index (χ1) is 26.3. The number of hydrogen-bond acceptors (Lipinski definition) is 12. The fourth-order valence-corrected chi connectivity index (χ4v) is 7.51. The molecule has 0 radical (unpaired) electrons. The number of fused-ring (bicyclic) bond motifs is 1. The number of unbranched alkanes of at least 4 members (excludes halogenated alkanes) is 1. The standard InChI is InChI=1S/C38H51N9O6S/c1-39-34(50)31(10-8-20-48)47-25-27-23-28(12-13-30(27)35(47)51)45-33(49)14-18-42-43-26-53-21-6-5-17-40-36(52)38(15-3-2-4-16-38)24-29-9-7-11-32(44-29)46-37-41-19-22-54-37/h7,9,11-13,19-20,22-23,31,42-43H,2-6,8,10,14-18,21,24-26H2,1H3,(H,39,50)(H,40,52)(H,45,49)(H,41,44,46). The Morgan fingerprint density at radius 1 is 1.07 bits per heavy atom. The van der Waals surface area contributed by atoms with E-state index in [2.05, 4.69) is 37.1 Å². The number of rotatable bonds is 22. The average molecular weight is 762 g/mol. The SMILES string of the molecule is CNC(=O)C(CCC=O)N1Cc2cc(NC(=O)CCNNCOCCCCNC(=O)C3(Cc4cccc(Nc5nccs5)n4)CCCCC3)ccc2C1=O. The van der Waals surface area contributed by atoms with E-state index in [0.29, 0.717) is 42.9 Å². The Kier molecular flexibility index (Phi) is 15.4. The molecule has 1 aromatic carbocycles. The summed E-state index contributed by atoms with van der Waals surface area (Å²) in [4.78, 5) is 72.9. The number of hydrazine groups is 1. The molecule has 16 heteroatoms. The molecule has 2 aliphatic rings. The highest BCUT2D eigenvalue weighted by Crippen LogP contribution is 2.39. The molecule has 6 N–H and O–H groups in total. The van der Waals surface area contributed by atoms with E-state index in [4.69, 9.17) is 9.72 Å². The van der Waals surface area contributed by atoms with Gasteiger partial charge in [0.15, 0.2) is 5.13 Å². The van der Waals surface area contributed by atoms with Gasteiger partial charge in [-0.3, -0.25) is 24.6 Å². The van der Waals surface area contributed by atoms with Gasteiger partial charge in [0, 0.05) is 81.1 Å². The number of nitrogens with zero attached hydrogens (tertiary/aromatic N) is 3. The van der Waals surface area contributed by atoms with Crippen molar-refractivity contribution in [3.8, 4) is 0 Å². The smallest absolute Gasteiger partial charge is 0.255 e. The molecule has 1 fully saturated rings. The third kappa shape index (κ3) is 11.4. The van der Waals surface area contributed by atoms with Gasteiger partial charge >= 0.3 is 0 Å². The zero-order valence-electron chi connectivity index (χ0n) is 30.8. The van der Waals surface area contributed by atoms with Crippen molar-refractivity contribution < 1.29 is 28.7 Å². The second-order valence-corrected chi connectivity index (χ2v) is 14.5. The number of carbonyl (C=O) groups is 5. The van der Waals surface area contributed by atoms with E-state index in [-0.39, 0.29) is 56.2 Å². The van der Waals surface area contributed by atoms with Crippen LogP contribution in [0.3, 0.4) is 0 Å². The zero-order chi connectivity index (χ0) is 38.2. The molecule has 4 amide bonds. The van der Waals surface area contributed by atoms with Gasteiger partial charge in [0.2, 0.25) is 17.7 Å². The lowest BCUT2D eigenvalue weighted by atomic mass is 9.70. The van der Waals surface area contributed by atoms with E-state index in [1.165, 1.54) is 23.3 Å². The van der Waals surface area contributed by atoms with Crippen molar-refractivity contribution in [3.05, 3.63) is 64.8 Å². The van der Waals surface area contributed by atoms with Crippen molar-refractivity contribution in [2.45, 2.75) is 83.2 Å². The Balaban J connectivity index is 0.934. The van der Waals surface area contributed by atoms with Gasteiger partial charge in [0.25, 0.3) is 5.91 Å². The Hall–Kier alpha value is -4.77. The van der Waals surface area contributed by atoms with Crippen LogP contribution in [-0.4, -0.2) is 84.3 Å². The zero-order valence-corrected chi connectivity index (χ0v) is 31.6. The number of hydrogen-bond donors (Lipinski definition) is 6. The number of anilines is 3. The summed E-state index contributed by atoms with van der Waals surface area (Å²) in [5, 5.41) is 14.5. The molecular weight excluding hydrogens is 711 g/mol. The normalized spacial score (nSPS) is 15.3. The molecule has 15 nitrogen and oxygen atoms in total. The highest BCUT2D eigenvalue weighted by molar-refractivity contribution is 7.13. The number of aldehydes is 1. The van der Waals surface area contributed by atoms with Crippen LogP contribution in [0.2, 0.25) is 0 Å². The summed E-state index contributed by atoms with van der Waals surface area (Å²) in [5.74, 6) is 0.0345. The van der Waals surface area contributed by atoms with Crippen molar-refractivity contribution in [3.63, 3.8) is 0 Å². The minimum atomic E-state index is -0.746. The van der Waals surface area contributed by atoms with Gasteiger partial charge in [-0.1, -0.05) is 25.3 Å². The summed E-state index contributed by atoms with van der Waals surface area (Å²) in [6, 6.07) is 10.2. The minimum absolute atomic E-state index is 0.106. The Labute approximate surface area is 319 Å². The maximum Gasteiger partial charge on any atom is 0.255 e. The molecular formula is C38H51N9O6S. The third-order valence-electron chi connectivity index (χ3n) is 9.77. The lowest BCUT2D eigenvalue weighted by Gasteiger charge is -2.35. The molecule has 1 unspecified atom stereocenters. The molecule has 5 rings (SSSR count). The van der Waals surface area contributed by atoms with Crippen LogP contribution in [0.15, 0.2) is 48.0 Å². The lowest BCUT2D eigenvalue weighted by molar-refractivity contribution is -0.133. The summed E-state index contributed by atoms with van der Waals surface area (Å²) in [5.41, 5.74) is 8.12. The van der Waals surface area contributed by atoms with Gasteiger partial charge < -0.3 is 35.7 Å². The molecule has 3 aromatic rings. The van der Waals surface area contributed by atoms with Crippen LogP contribution in [-0.2, 0) is 36.9 Å². The van der Waals surface area contributed by atoms with Crippen molar-refractivity contribution in [1.82, 2.24) is 36.4 Å². The monoisotopic (exact) mass is 761 g/mol. The van der Waals surface area contributed by atoms with E-state index in [1.54, 1.807) is 24.4 Å². The predicted molar refractivity (Wildman–Crippen MR) is 206 cm³/mol. The largest absolute Gasteiger partial charge is 0.365 e. The van der Waals surface area contributed by atoms with Crippen molar-refractivity contribution in [1.29, 1.82) is 0 Å². The van der Waals surface area contributed by atoms with E-state index >= 15 is 0 Å². The number of benzene rings is 1. The fourth-order valence-electron chi connectivity index (χ4n) is 6.98. The van der Waals surface area contributed by atoms with Gasteiger partial charge in [-0.2, -0.15) is 0 Å². The first-order valence-electron chi connectivity index (χ1n) is 18.6. The molecule has 0 saturated heterocycles. The first kappa shape index (κ1) is 40.4. The number of nitrogens with one attached hydrogen (secondary N) is 6. The summed E-state index contributed by atoms with van der Waals surface area (Å²) in [6.45, 7) is 1.96. The van der Waals surface area contributed by atoms with E-state index in [1.807, 2.05) is 23.6 Å². The van der Waals surface area contributed by atoms with Crippen LogP contribution in [0.1, 0.15) is 85.8 Å². The fraction of sp³-hybridized carbons (Fsp3) is 0.500. The summed E-state index contributed by atoms with van der Waals surface area (Å²) >= 11 is 1.51. The van der Waals surface area contributed by atoms with Crippen LogP contribution in [0, 0.1) is 5.41 Å². The summed E-state index contributed by atoms with van der Waals surface area (Å²) < 4.78 is 5.65. The maximum atomic E-state index is 13.5. The Morgan fingerprint density at radius 2 is 1.93 bits per heavy atom. The highest BCUT2D eigenvalue weighted by Gasteiger charge is 2.40. The summed E-state index contributed by atoms with van der Waals surface area (Å²) in [7, 11) is 1.50. The summed E-state index contributed by atoms with van der Waals surface area (Å²) in [6.07, 6.45) is 10.2. The Bertz CT molecular complexity index is 1720. The van der Waals surface area contributed by atoms with Crippen molar-refractivity contribution >= 4 is 57.9 Å². The number of ether oxygens (including phenoxy) is 1. The lowest BCUT2D eigenvalue weighted by Crippen LogP contribution is -2.46. The quantitative estimate of drug-likeness (QED) is 0.0377. The topological polar surface area (TPSA) is 196 Å². The second-order valence-electron chi connectivity index (χ2n) is 13.6. The van der Waals surface area contributed by atoms with Crippen molar-refractivity contribution in [2.75, 3.05) is 44.1 Å². The molecule has 1 saturated carbocycles. The van der Waals surface area contributed by atoms with E-state index in [0.717, 1.165) is 67.9 Å². The number of aromatic nitrogens is 2. The third-order valence-corrected chi connectivity index (χ3v) is 10.5. The molecule has 1 aliphatic carbocycles. The van der Waals surface area contributed by atoms with Gasteiger partial charge in [0.05, 0.1) is 5.41 Å². The van der Waals surface area contributed by atoms with Gasteiger partial charge in [-0.05, 0) is 68.0 Å². The van der Waals surface area contributed by atoms with Crippen LogP contribution in [0.25, 0.3) is 0 Å². The number of thiazole rings is 1. The number of likely N-dealkylation sites (N-methyl/N-ethyl adjacent to an activating group) is 1. The van der Waals surface area contributed by atoms with Gasteiger partial charge in [0.1, 0.15) is 24.9 Å². The predicted octanol–water partition coefficient (Wildman–Crippen LogP) is 3.82. The number of amides is 4. The van der Waals surface area contributed by atoms with Crippen LogP contribution in [0.4, 0.5) is 16.6 Å². The van der Waals surface area contributed by atoms with E-state index in [9.17, 15) is 24.0 Å². The number of pyridine rings is 1. The molecule has 290 valence electrons. The minimum Gasteiger partial charge on any atom is -0.365 e. The van der Waals surface area contributed by atoms with Crippen LogP contribution in [0.5, 0.6) is 0 Å². The molecule has 0 spiro atoms. The molecule has 1 atom stereocenters. The molecule has 2 aromatic heterocycles. The molecule has 3 heterocycles. The van der Waals surface area contributed by atoms with Crippen molar-refractivity contribution in [2.24, 2.45) is 5.41 Å². The van der Waals surface area contributed by atoms with Crippen LogP contribution >= 0.6 is 11.3 Å². The van der Waals surface area contributed by atoms with Crippen LogP contribution < -0.4 is 32.1 Å². The average Bonchev–Trinajstić information content (AvgIpc) is 3.81. The Morgan fingerprint density at radius 3 is 2.70 bits per heavy atom. The maximum absolute atomic E-state index is 13.5. The van der Waals surface area contributed by atoms with Gasteiger partial charge in [-0.15, -0.1) is 11.3 Å². The molecule has 54 heavy (non-hydrogen) atoms. The first-order valence-corrected chi connectivity index (χ1v) is 19.5. The van der Waals surface area contributed by atoms with Gasteiger partial charge in [-0.25, -0.2) is 15.4 Å². The molecule has 0 bridgehead atoms. The van der Waals surface area contributed by atoms with E-state index < -0.39 is 11.5 Å². The highest BCUT2D eigenvalue weighted by atomic mass is 32.1. The second kappa shape index (κ2) is 20.6. The molecule has 1 aliphatic heterocycles. The number of carbonyl (C=O) groups excluding carboxylic acids is 5.